The Hall–Kier alpha value is -1.72. The molecule has 1 N–H and O–H groups in total. The Bertz CT molecular complexity index is 545. The molecule has 1 saturated heterocycles. The van der Waals surface area contributed by atoms with Gasteiger partial charge in [-0.1, -0.05) is 26.7 Å². The Morgan fingerprint density at radius 3 is 2.61 bits per heavy atom. The molecule has 1 atom stereocenters. The minimum Gasteiger partial charge on any atom is -0.365 e. The first kappa shape index (κ1) is 16.1. The van der Waals surface area contributed by atoms with E-state index in [9.17, 15) is 4.79 Å². The van der Waals surface area contributed by atoms with Gasteiger partial charge in [-0.3, -0.25) is 4.68 Å². The largest absolute Gasteiger partial charge is 0.365 e. The Balaban J connectivity index is 1.52. The van der Waals surface area contributed by atoms with Crippen molar-refractivity contribution in [2.45, 2.75) is 45.6 Å². The highest BCUT2D eigenvalue weighted by Gasteiger charge is 2.34. The molecule has 0 spiro atoms. The van der Waals surface area contributed by atoms with Crippen LogP contribution in [-0.2, 0) is 7.05 Å². The average molecular weight is 319 g/mol. The molecule has 0 aromatic carbocycles. The third-order valence-electron chi connectivity index (χ3n) is 5.43. The Labute approximate surface area is 138 Å². The molecule has 3 rings (SSSR count). The Kier molecular flexibility index (Phi) is 4.50. The van der Waals surface area contributed by atoms with Crippen molar-refractivity contribution in [3.05, 3.63) is 12.4 Å². The lowest BCUT2D eigenvalue weighted by molar-refractivity contribution is 0.146. The number of aryl methyl sites for hydroxylation is 1. The summed E-state index contributed by atoms with van der Waals surface area (Å²) < 4.78 is 1.82. The number of piperazine rings is 1. The molecule has 1 aromatic rings. The van der Waals surface area contributed by atoms with E-state index in [1.807, 2.05) is 29.0 Å². The van der Waals surface area contributed by atoms with Crippen LogP contribution in [0.15, 0.2) is 12.4 Å². The minimum absolute atomic E-state index is 0.107. The highest BCUT2D eigenvalue weighted by molar-refractivity contribution is 5.75. The van der Waals surface area contributed by atoms with Crippen molar-refractivity contribution in [2.75, 3.05) is 31.1 Å². The summed E-state index contributed by atoms with van der Waals surface area (Å²) >= 11 is 0. The number of nitrogens with zero attached hydrogens (tertiary/aromatic N) is 4. The van der Waals surface area contributed by atoms with Crippen molar-refractivity contribution in [3.8, 4) is 0 Å². The lowest BCUT2D eigenvalue weighted by Gasteiger charge is -2.41. The highest BCUT2D eigenvalue weighted by atomic mass is 16.2. The summed E-state index contributed by atoms with van der Waals surface area (Å²) in [7, 11) is 1.93. The van der Waals surface area contributed by atoms with Gasteiger partial charge >= 0.3 is 6.03 Å². The number of hydrogen-bond donors (Lipinski definition) is 1. The second-order valence-corrected chi connectivity index (χ2v) is 7.58. The molecule has 2 heterocycles. The van der Waals surface area contributed by atoms with Gasteiger partial charge in [-0.15, -0.1) is 0 Å². The van der Waals surface area contributed by atoms with Crippen molar-refractivity contribution >= 4 is 11.7 Å². The van der Waals surface area contributed by atoms with Gasteiger partial charge < -0.3 is 15.1 Å². The van der Waals surface area contributed by atoms with Crippen molar-refractivity contribution in [3.63, 3.8) is 0 Å². The van der Waals surface area contributed by atoms with Crippen LogP contribution in [0.4, 0.5) is 10.5 Å². The highest BCUT2D eigenvalue weighted by Crippen LogP contribution is 2.35. The predicted octanol–water partition coefficient (Wildman–Crippen LogP) is 2.22. The monoisotopic (exact) mass is 319 g/mol. The van der Waals surface area contributed by atoms with E-state index in [0.29, 0.717) is 6.04 Å². The summed E-state index contributed by atoms with van der Waals surface area (Å²) in [5.74, 6) is 0. The van der Waals surface area contributed by atoms with Crippen LogP contribution < -0.4 is 10.2 Å². The third kappa shape index (κ3) is 3.62. The molecule has 1 aliphatic carbocycles. The first-order valence-electron chi connectivity index (χ1n) is 8.75. The quantitative estimate of drug-likeness (QED) is 0.909. The van der Waals surface area contributed by atoms with Gasteiger partial charge in [0.25, 0.3) is 0 Å². The molecule has 6 nitrogen and oxygen atoms in total. The van der Waals surface area contributed by atoms with Crippen LogP contribution in [0.1, 0.15) is 39.5 Å². The number of nitrogens with one attached hydrogen (secondary N) is 1. The molecule has 128 valence electrons. The molecule has 0 radical (unpaired) electrons. The zero-order valence-corrected chi connectivity index (χ0v) is 14.6. The summed E-state index contributed by atoms with van der Waals surface area (Å²) in [5, 5.41) is 7.51. The summed E-state index contributed by atoms with van der Waals surface area (Å²) in [6, 6.07) is 0.413. The van der Waals surface area contributed by atoms with E-state index in [1.165, 1.54) is 19.3 Å². The van der Waals surface area contributed by atoms with E-state index >= 15 is 0 Å². The van der Waals surface area contributed by atoms with E-state index in [1.54, 1.807) is 0 Å². The predicted molar refractivity (Wildman–Crippen MR) is 91.6 cm³/mol. The third-order valence-corrected chi connectivity index (χ3v) is 5.43. The van der Waals surface area contributed by atoms with Gasteiger partial charge in [-0.2, -0.15) is 5.10 Å². The fourth-order valence-corrected chi connectivity index (χ4v) is 3.74. The smallest absolute Gasteiger partial charge is 0.317 e. The standard InChI is InChI=1S/C17H29N5O/c1-17(2)7-5-4-6-15(17)19-16(23)22-10-8-21(9-11-22)14-12-18-20(3)13-14/h12-13,15H,4-11H2,1-3H3,(H,19,23). The van der Waals surface area contributed by atoms with Gasteiger partial charge in [-0.05, 0) is 18.3 Å². The number of amides is 2. The van der Waals surface area contributed by atoms with E-state index in [0.717, 1.165) is 38.3 Å². The molecule has 2 amide bonds. The first-order chi connectivity index (χ1) is 11.0. The minimum atomic E-state index is 0.107. The molecule has 1 saturated carbocycles. The molecule has 2 aliphatic rings. The van der Waals surface area contributed by atoms with Gasteiger partial charge in [0.1, 0.15) is 0 Å². The van der Waals surface area contributed by atoms with Crippen LogP contribution in [0.3, 0.4) is 0 Å². The number of carbonyl (C=O) groups is 1. The molecule has 2 fully saturated rings. The Morgan fingerprint density at radius 2 is 2.00 bits per heavy atom. The van der Waals surface area contributed by atoms with Crippen molar-refractivity contribution in [1.82, 2.24) is 20.0 Å². The van der Waals surface area contributed by atoms with Gasteiger partial charge in [0, 0.05) is 45.5 Å². The van der Waals surface area contributed by atoms with Crippen LogP contribution in [0.25, 0.3) is 0 Å². The number of aromatic nitrogens is 2. The van der Waals surface area contributed by atoms with Crippen LogP contribution in [0.5, 0.6) is 0 Å². The lowest BCUT2D eigenvalue weighted by atomic mass is 9.73. The number of urea groups is 1. The SMILES string of the molecule is Cn1cc(N2CCN(C(=O)NC3CCCCC3(C)C)CC2)cn1. The van der Waals surface area contributed by atoms with E-state index in [2.05, 4.69) is 29.2 Å². The van der Waals surface area contributed by atoms with E-state index in [-0.39, 0.29) is 11.4 Å². The van der Waals surface area contributed by atoms with Crippen LogP contribution in [-0.4, -0.2) is 52.9 Å². The molecule has 1 aromatic heterocycles. The maximum Gasteiger partial charge on any atom is 0.317 e. The number of anilines is 1. The molecular weight excluding hydrogens is 290 g/mol. The molecule has 1 unspecified atom stereocenters. The van der Waals surface area contributed by atoms with Gasteiger partial charge in [0.05, 0.1) is 11.9 Å². The summed E-state index contributed by atoms with van der Waals surface area (Å²) in [5.41, 5.74) is 1.35. The number of hydrogen-bond acceptors (Lipinski definition) is 3. The second kappa shape index (κ2) is 6.42. The van der Waals surface area contributed by atoms with Crippen LogP contribution in [0.2, 0.25) is 0 Å². The van der Waals surface area contributed by atoms with Gasteiger partial charge in [0.2, 0.25) is 0 Å². The molecule has 23 heavy (non-hydrogen) atoms. The summed E-state index contributed by atoms with van der Waals surface area (Å²) in [4.78, 5) is 16.8. The molecule has 6 heteroatoms. The molecule has 0 bridgehead atoms. The number of carbonyl (C=O) groups excluding carboxylic acids is 1. The van der Waals surface area contributed by atoms with Gasteiger partial charge in [-0.25, -0.2) is 4.79 Å². The Morgan fingerprint density at radius 1 is 1.26 bits per heavy atom. The average Bonchev–Trinajstić information content (AvgIpc) is 2.96. The summed E-state index contributed by atoms with van der Waals surface area (Å²) in [6.45, 7) is 7.83. The van der Waals surface area contributed by atoms with Crippen LogP contribution >= 0.6 is 0 Å². The maximum absolute atomic E-state index is 12.6. The fourth-order valence-electron chi connectivity index (χ4n) is 3.74. The topological polar surface area (TPSA) is 53.4 Å². The summed E-state index contributed by atoms with van der Waals surface area (Å²) in [6.07, 6.45) is 8.73. The van der Waals surface area contributed by atoms with Crippen molar-refractivity contribution < 1.29 is 4.79 Å². The zero-order valence-electron chi connectivity index (χ0n) is 14.6. The first-order valence-corrected chi connectivity index (χ1v) is 8.75. The maximum atomic E-state index is 12.6. The lowest BCUT2D eigenvalue weighted by Crippen LogP contribution is -2.56. The normalized spacial score (nSPS) is 24.6. The van der Waals surface area contributed by atoms with Gasteiger partial charge in [0.15, 0.2) is 0 Å². The van der Waals surface area contributed by atoms with E-state index in [4.69, 9.17) is 0 Å². The fraction of sp³-hybridized carbons (Fsp3) is 0.765. The van der Waals surface area contributed by atoms with E-state index < -0.39 is 0 Å². The second-order valence-electron chi connectivity index (χ2n) is 7.58. The van der Waals surface area contributed by atoms with Crippen molar-refractivity contribution in [1.29, 1.82) is 0 Å². The zero-order chi connectivity index (χ0) is 16.4. The number of rotatable bonds is 2. The van der Waals surface area contributed by atoms with Crippen molar-refractivity contribution in [2.24, 2.45) is 12.5 Å². The molecular formula is C17H29N5O. The molecule has 1 aliphatic heterocycles. The van der Waals surface area contributed by atoms with Crippen LogP contribution in [0, 0.1) is 5.41 Å².